The van der Waals surface area contributed by atoms with Crippen molar-refractivity contribution in [1.29, 1.82) is 0 Å². The molecule has 1 saturated heterocycles. The SMILES string of the molecule is Cc1ccc(S(=O)(=O)OCC2CO2)cc1.Cc1ccc2c(c1)OC[C@H](C(=O)O)O2. The number of aliphatic carboxylic acids is 1. The molecule has 1 N–H and O–H groups in total. The lowest BCUT2D eigenvalue weighted by molar-refractivity contribution is -0.147. The third-order valence-electron chi connectivity index (χ3n) is 4.16. The Morgan fingerprint density at radius 1 is 1.07 bits per heavy atom. The number of hydrogen-bond acceptors (Lipinski definition) is 7. The summed E-state index contributed by atoms with van der Waals surface area (Å²) in [6.45, 7) is 4.59. The maximum Gasteiger partial charge on any atom is 0.348 e. The Hall–Kier alpha value is -2.62. The van der Waals surface area contributed by atoms with E-state index in [1.807, 2.05) is 26.0 Å². The minimum absolute atomic E-state index is 0.0507. The van der Waals surface area contributed by atoms with Gasteiger partial charge in [-0.1, -0.05) is 23.8 Å². The van der Waals surface area contributed by atoms with Gasteiger partial charge in [0.2, 0.25) is 6.10 Å². The highest BCUT2D eigenvalue weighted by atomic mass is 32.2. The molecular weight excluding hydrogens is 400 g/mol. The van der Waals surface area contributed by atoms with Crippen LogP contribution in [0.1, 0.15) is 11.1 Å². The molecular formula is C20H22O8S. The number of ether oxygens (including phenoxy) is 3. The molecule has 4 rings (SSSR count). The van der Waals surface area contributed by atoms with E-state index in [1.165, 1.54) is 0 Å². The molecule has 2 aliphatic heterocycles. The van der Waals surface area contributed by atoms with Gasteiger partial charge in [-0.2, -0.15) is 8.42 Å². The molecule has 0 amide bonds. The monoisotopic (exact) mass is 422 g/mol. The second-order valence-electron chi connectivity index (χ2n) is 6.71. The number of rotatable bonds is 5. The normalized spacial score (nSPS) is 19.7. The first-order valence-electron chi connectivity index (χ1n) is 8.95. The molecule has 2 heterocycles. The zero-order valence-corrected chi connectivity index (χ0v) is 16.8. The van der Waals surface area contributed by atoms with Gasteiger partial charge in [-0.25, -0.2) is 4.79 Å². The van der Waals surface area contributed by atoms with Crippen molar-refractivity contribution in [3.8, 4) is 11.5 Å². The number of fused-ring (bicyclic) bond motifs is 1. The predicted octanol–water partition coefficient (Wildman–Crippen LogP) is 2.32. The topological polar surface area (TPSA) is 112 Å². The molecule has 2 aromatic rings. The first-order chi connectivity index (χ1) is 13.7. The van der Waals surface area contributed by atoms with E-state index < -0.39 is 22.2 Å². The summed E-state index contributed by atoms with van der Waals surface area (Å²) < 4.78 is 43.4. The summed E-state index contributed by atoms with van der Waals surface area (Å²) >= 11 is 0. The Morgan fingerprint density at radius 3 is 2.34 bits per heavy atom. The average molecular weight is 422 g/mol. The average Bonchev–Trinajstić information content (AvgIpc) is 3.51. The molecule has 0 aromatic heterocycles. The van der Waals surface area contributed by atoms with E-state index in [0.29, 0.717) is 18.1 Å². The van der Waals surface area contributed by atoms with Gasteiger partial charge in [-0.15, -0.1) is 0 Å². The van der Waals surface area contributed by atoms with Gasteiger partial charge in [-0.3, -0.25) is 4.18 Å². The Kier molecular flexibility index (Phi) is 6.41. The van der Waals surface area contributed by atoms with E-state index in [1.54, 1.807) is 30.3 Å². The van der Waals surface area contributed by atoms with Crippen molar-refractivity contribution in [1.82, 2.24) is 0 Å². The van der Waals surface area contributed by atoms with Crippen molar-refractivity contribution in [2.24, 2.45) is 0 Å². The lowest BCUT2D eigenvalue weighted by Crippen LogP contribution is -2.36. The zero-order chi connectivity index (χ0) is 21.0. The minimum atomic E-state index is -3.61. The lowest BCUT2D eigenvalue weighted by Gasteiger charge is -2.23. The van der Waals surface area contributed by atoms with Gasteiger partial charge < -0.3 is 19.3 Å². The second-order valence-corrected chi connectivity index (χ2v) is 8.33. The fourth-order valence-corrected chi connectivity index (χ4v) is 3.34. The molecule has 1 unspecified atom stereocenters. The summed E-state index contributed by atoms with van der Waals surface area (Å²) in [5.41, 5.74) is 2.07. The van der Waals surface area contributed by atoms with E-state index in [2.05, 4.69) is 0 Å². The maximum absolute atomic E-state index is 11.6. The zero-order valence-electron chi connectivity index (χ0n) is 16.0. The van der Waals surface area contributed by atoms with Crippen LogP contribution in [-0.4, -0.2) is 51.5 Å². The number of hydrogen-bond donors (Lipinski definition) is 1. The molecule has 8 nitrogen and oxygen atoms in total. The fourth-order valence-electron chi connectivity index (χ4n) is 2.40. The summed E-state index contributed by atoms with van der Waals surface area (Å²) in [7, 11) is -3.61. The van der Waals surface area contributed by atoms with E-state index in [4.69, 9.17) is 23.5 Å². The largest absolute Gasteiger partial charge is 0.485 e. The highest BCUT2D eigenvalue weighted by molar-refractivity contribution is 7.86. The molecule has 156 valence electrons. The summed E-state index contributed by atoms with van der Waals surface area (Å²) in [4.78, 5) is 10.8. The minimum Gasteiger partial charge on any atom is -0.485 e. The second kappa shape index (κ2) is 8.81. The first-order valence-corrected chi connectivity index (χ1v) is 10.4. The third-order valence-corrected chi connectivity index (χ3v) is 5.45. The van der Waals surface area contributed by atoms with Gasteiger partial charge in [0.05, 0.1) is 18.1 Å². The molecule has 9 heteroatoms. The highest BCUT2D eigenvalue weighted by Gasteiger charge is 2.27. The molecule has 29 heavy (non-hydrogen) atoms. The van der Waals surface area contributed by atoms with Gasteiger partial charge in [0.15, 0.2) is 11.5 Å². The predicted molar refractivity (Wildman–Crippen MR) is 103 cm³/mol. The van der Waals surface area contributed by atoms with Crippen LogP contribution in [0.5, 0.6) is 11.5 Å². The number of benzene rings is 2. The van der Waals surface area contributed by atoms with Crippen molar-refractivity contribution < 1.29 is 36.7 Å². The van der Waals surface area contributed by atoms with Gasteiger partial charge in [-0.05, 0) is 43.7 Å². The summed E-state index contributed by atoms with van der Waals surface area (Å²) in [6, 6.07) is 12.0. The quantitative estimate of drug-likeness (QED) is 0.577. The number of carboxylic acids is 1. The molecule has 0 spiro atoms. The van der Waals surface area contributed by atoms with Crippen LogP contribution >= 0.6 is 0 Å². The van der Waals surface area contributed by atoms with Crippen molar-refractivity contribution in [3.05, 3.63) is 53.6 Å². The third kappa shape index (κ3) is 5.93. The molecule has 2 atom stereocenters. The van der Waals surface area contributed by atoms with Gasteiger partial charge in [0.25, 0.3) is 10.1 Å². The maximum atomic E-state index is 11.6. The number of carbonyl (C=O) groups is 1. The van der Waals surface area contributed by atoms with Crippen LogP contribution < -0.4 is 9.47 Å². The molecule has 0 aliphatic carbocycles. The molecule has 0 bridgehead atoms. The van der Waals surface area contributed by atoms with E-state index >= 15 is 0 Å². The molecule has 0 saturated carbocycles. The molecule has 0 radical (unpaired) electrons. The van der Waals surface area contributed by atoms with Crippen LogP contribution in [0.2, 0.25) is 0 Å². The van der Waals surface area contributed by atoms with E-state index in [9.17, 15) is 13.2 Å². The van der Waals surface area contributed by atoms with E-state index in [0.717, 1.165) is 11.1 Å². The van der Waals surface area contributed by atoms with Crippen LogP contribution in [0.15, 0.2) is 47.4 Å². The standard InChI is InChI=1S/C10H12O4S.C10H10O4/c1-8-2-4-10(5-3-8)15(11,12)14-7-9-6-13-9;1-6-2-3-7-8(4-6)13-5-9(14-7)10(11)12/h2-5,9H,6-7H2,1H3;2-4,9H,5H2,1H3,(H,11,12)/t;9-/m.1/s1. The fraction of sp³-hybridized carbons (Fsp3) is 0.350. The summed E-state index contributed by atoms with van der Waals surface area (Å²) in [6.07, 6.45) is -0.949. The Balaban J connectivity index is 0.000000166. The van der Waals surface area contributed by atoms with Gasteiger partial charge in [0, 0.05) is 0 Å². The van der Waals surface area contributed by atoms with Crippen LogP contribution in [0.4, 0.5) is 0 Å². The van der Waals surface area contributed by atoms with Crippen molar-refractivity contribution in [2.75, 3.05) is 19.8 Å². The van der Waals surface area contributed by atoms with Crippen molar-refractivity contribution in [3.63, 3.8) is 0 Å². The molecule has 2 aliphatic rings. The van der Waals surface area contributed by atoms with Crippen LogP contribution in [0, 0.1) is 13.8 Å². The van der Waals surface area contributed by atoms with Gasteiger partial charge in [0.1, 0.15) is 12.7 Å². The molecule has 2 aromatic carbocycles. The van der Waals surface area contributed by atoms with Crippen LogP contribution in [0.3, 0.4) is 0 Å². The Labute approximate surface area is 169 Å². The number of carboxylic acid groups (broad SMARTS) is 1. The number of aryl methyl sites for hydroxylation is 2. The van der Waals surface area contributed by atoms with Crippen molar-refractivity contribution >= 4 is 16.1 Å². The summed E-state index contributed by atoms with van der Waals surface area (Å²) in [5.74, 6) is 0.105. The smallest absolute Gasteiger partial charge is 0.348 e. The molecule has 1 fully saturated rings. The van der Waals surface area contributed by atoms with E-state index in [-0.39, 0.29) is 24.2 Å². The van der Waals surface area contributed by atoms with Crippen LogP contribution in [0.25, 0.3) is 0 Å². The Morgan fingerprint density at radius 2 is 1.72 bits per heavy atom. The van der Waals surface area contributed by atoms with Crippen molar-refractivity contribution in [2.45, 2.75) is 31.0 Å². The lowest BCUT2D eigenvalue weighted by atomic mass is 10.2. The first kappa shape index (κ1) is 21.1. The van der Waals surface area contributed by atoms with Crippen LogP contribution in [-0.2, 0) is 23.8 Å². The number of epoxide rings is 1. The summed E-state index contributed by atoms with van der Waals surface area (Å²) in [5, 5.41) is 8.71. The highest BCUT2D eigenvalue weighted by Crippen LogP contribution is 2.32. The van der Waals surface area contributed by atoms with Gasteiger partial charge >= 0.3 is 5.97 Å². The Bertz CT molecular complexity index is 964.